The molecule has 10 heavy (non-hydrogen) atoms. The highest BCUT2D eigenvalue weighted by atomic mass is 35.5. The molecule has 0 aliphatic heterocycles. The van der Waals surface area contributed by atoms with Gasteiger partial charge < -0.3 is 0 Å². The monoisotopic (exact) mass is 160 g/mol. The fourth-order valence-electron chi connectivity index (χ4n) is 0.700. The molecule has 0 aromatic heterocycles. The van der Waals surface area contributed by atoms with Crippen LogP contribution < -0.4 is 0 Å². The summed E-state index contributed by atoms with van der Waals surface area (Å²) >= 11 is 5.51. The van der Waals surface area contributed by atoms with Gasteiger partial charge in [-0.2, -0.15) is 0 Å². The molecule has 0 saturated carbocycles. The predicted molar refractivity (Wildman–Crippen MR) is 44.4 cm³/mol. The lowest BCUT2D eigenvalue weighted by molar-refractivity contribution is -0.115. The Hall–Kier alpha value is -0.300. The van der Waals surface area contributed by atoms with Crippen LogP contribution in [-0.2, 0) is 4.79 Å². The summed E-state index contributed by atoms with van der Waals surface area (Å²) in [5.74, 6) is 0.523. The van der Waals surface area contributed by atoms with E-state index in [2.05, 4.69) is 0 Å². The molecule has 0 atom stereocenters. The van der Waals surface area contributed by atoms with Gasteiger partial charge in [0.25, 0.3) is 0 Å². The number of Topliss-reactive ketones (excluding diaryl/α,β-unsaturated/α-hetero) is 1. The molecule has 0 saturated heterocycles. The number of rotatable bonds is 4. The number of hydrogen-bond donors (Lipinski definition) is 0. The van der Waals surface area contributed by atoms with Crippen LogP contribution in [0.3, 0.4) is 0 Å². The number of alkyl halides is 1. The molecule has 0 rings (SSSR count). The molecule has 0 aromatic carbocycles. The molecule has 0 bridgehead atoms. The second kappa shape index (κ2) is 5.48. The van der Waals surface area contributed by atoms with Crippen LogP contribution in [0.4, 0.5) is 0 Å². The summed E-state index contributed by atoms with van der Waals surface area (Å²) in [7, 11) is 0. The van der Waals surface area contributed by atoms with Gasteiger partial charge in [0.1, 0.15) is 0 Å². The highest BCUT2D eigenvalue weighted by Crippen LogP contribution is 2.03. The first kappa shape index (κ1) is 9.70. The van der Waals surface area contributed by atoms with Crippen LogP contribution in [0.15, 0.2) is 11.6 Å². The summed E-state index contributed by atoms with van der Waals surface area (Å²) in [6, 6.07) is 0. The number of allylic oxidation sites excluding steroid dienone is 2. The first-order valence-electron chi connectivity index (χ1n) is 3.50. The molecule has 2 heteroatoms. The van der Waals surface area contributed by atoms with Crippen molar-refractivity contribution in [1.29, 1.82) is 0 Å². The summed E-state index contributed by atoms with van der Waals surface area (Å²) in [4.78, 5) is 11.1. The van der Waals surface area contributed by atoms with Crippen molar-refractivity contribution in [2.24, 2.45) is 0 Å². The summed E-state index contributed by atoms with van der Waals surface area (Å²) in [6.45, 7) is 3.82. The zero-order valence-electron chi connectivity index (χ0n) is 6.48. The number of carbonyl (C=O) groups excluding carboxylic acids is 1. The lowest BCUT2D eigenvalue weighted by Crippen LogP contribution is -2.02. The molecule has 0 radical (unpaired) electrons. The van der Waals surface area contributed by atoms with Crippen LogP contribution in [0, 0.1) is 0 Å². The third kappa shape index (κ3) is 3.02. The van der Waals surface area contributed by atoms with Crippen LogP contribution in [0.1, 0.15) is 26.7 Å². The van der Waals surface area contributed by atoms with Gasteiger partial charge >= 0.3 is 0 Å². The van der Waals surface area contributed by atoms with Crippen molar-refractivity contribution in [3.05, 3.63) is 11.6 Å². The Morgan fingerprint density at radius 1 is 1.60 bits per heavy atom. The molecule has 0 aliphatic carbocycles. The van der Waals surface area contributed by atoms with Gasteiger partial charge in [-0.1, -0.05) is 13.0 Å². The minimum atomic E-state index is 0.181. The highest BCUT2D eigenvalue weighted by molar-refractivity contribution is 6.22. The van der Waals surface area contributed by atoms with Gasteiger partial charge in [0.05, 0.1) is 5.88 Å². The van der Waals surface area contributed by atoms with Crippen molar-refractivity contribution >= 4 is 17.4 Å². The van der Waals surface area contributed by atoms with E-state index < -0.39 is 0 Å². The fourth-order valence-corrected chi connectivity index (χ4v) is 1.00. The van der Waals surface area contributed by atoms with Crippen molar-refractivity contribution in [2.75, 3.05) is 5.88 Å². The number of halogens is 1. The third-order valence-corrected chi connectivity index (χ3v) is 1.62. The standard InChI is InChI=1S/C8H13ClO/c1-3-5-8(10)7(4-2)6-9/h4H,3,5-6H2,1-2H3/b7-4+. The number of carbonyl (C=O) groups is 1. The molecule has 0 spiro atoms. The Kier molecular flexibility index (Phi) is 5.32. The summed E-state index contributed by atoms with van der Waals surface area (Å²) in [5, 5.41) is 0. The molecule has 0 aliphatic rings. The van der Waals surface area contributed by atoms with Crippen molar-refractivity contribution < 1.29 is 4.79 Å². The number of ketones is 1. The van der Waals surface area contributed by atoms with E-state index in [4.69, 9.17) is 11.6 Å². The largest absolute Gasteiger partial charge is 0.295 e. The van der Waals surface area contributed by atoms with Crippen molar-refractivity contribution in [1.82, 2.24) is 0 Å². The van der Waals surface area contributed by atoms with E-state index in [1.807, 2.05) is 13.8 Å². The average molecular weight is 161 g/mol. The van der Waals surface area contributed by atoms with Crippen molar-refractivity contribution in [3.63, 3.8) is 0 Å². The first-order valence-corrected chi connectivity index (χ1v) is 4.04. The molecular formula is C8H13ClO. The minimum Gasteiger partial charge on any atom is -0.295 e. The molecule has 0 unspecified atom stereocenters. The van der Waals surface area contributed by atoms with Crippen LogP contribution in [-0.4, -0.2) is 11.7 Å². The average Bonchev–Trinajstić information content (AvgIpc) is 1.91. The lowest BCUT2D eigenvalue weighted by Gasteiger charge is -1.98. The Labute approximate surface area is 67.1 Å². The second-order valence-corrected chi connectivity index (χ2v) is 2.39. The Balaban J connectivity index is 3.91. The fraction of sp³-hybridized carbons (Fsp3) is 0.625. The van der Waals surface area contributed by atoms with Gasteiger partial charge in [0.2, 0.25) is 0 Å². The summed E-state index contributed by atoms with van der Waals surface area (Å²) in [6.07, 6.45) is 3.30. The second-order valence-electron chi connectivity index (χ2n) is 2.12. The van der Waals surface area contributed by atoms with Crippen LogP contribution in [0.2, 0.25) is 0 Å². The SMILES string of the molecule is C/C=C(\CCl)C(=O)CCC. The quantitative estimate of drug-likeness (QED) is 0.456. The maximum absolute atomic E-state index is 11.1. The van der Waals surface area contributed by atoms with Gasteiger partial charge in [-0.05, 0) is 13.3 Å². The summed E-state index contributed by atoms with van der Waals surface area (Å²) < 4.78 is 0. The molecule has 0 heterocycles. The molecule has 0 N–H and O–H groups in total. The number of hydrogen-bond acceptors (Lipinski definition) is 1. The highest BCUT2D eigenvalue weighted by Gasteiger charge is 2.04. The predicted octanol–water partition coefficient (Wildman–Crippen LogP) is 2.54. The van der Waals surface area contributed by atoms with E-state index in [9.17, 15) is 4.79 Å². The van der Waals surface area contributed by atoms with Crippen LogP contribution >= 0.6 is 11.6 Å². The van der Waals surface area contributed by atoms with E-state index in [-0.39, 0.29) is 5.78 Å². The third-order valence-electron chi connectivity index (χ3n) is 1.33. The van der Waals surface area contributed by atoms with E-state index in [0.717, 1.165) is 12.0 Å². The molecule has 58 valence electrons. The first-order chi connectivity index (χ1) is 4.76. The van der Waals surface area contributed by atoms with Gasteiger partial charge in [0.15, 0.2) is 5.78 Å². The van der Waals surface area contributed by atoms with Crippen LogP contribution in [0.5, 0.6) is 0 Å². The Morgan fingerprint density at radius 2 is 2.20 bits per heavy atom. The van der Waals surface area contributed by atoms with E-state index >= 15 is 0 Å². The molecule has 1 nitrogen and oxygen atoms in total. The molecule has 0 amide bonds. The Morgan fingerprint density at radius 3 is 2.50 bits per heavy atom. The maximum Gasteiger partial charge on any atom is 0.159 e. The summed E-state index contributed by atoms with van der Waals surface area (Å²) in [5.41, 5.74) is 0.739. The van der Waals surface area contributed by atoms with Gasteiger partial charge in [-0.15, -0.1) is 11.6 Å². The van der Waals surface area contributed by atoms with Gasteiger partial charge in [-0.3, -0.25) is 4.79 Å². The smallest absolute Gasteiger partial charge is 0.159 e. The molecule has 0 aromatic rings. The zero-order valence-corrected chi connectivity index (χ0v) is 7.24. The van der Waals surface area contributed by atoms with Gasteiger partial charge in [-0.25, -0.2) is 0 Å². The lowest BCUT2D eigenvalue weighted by atomic mass is 10.1. The molecular weight excluding hydrogens is 148 g/mol. The van der Waals surface area contributed by atoms with E-state index in [0.29, 0.717) is 12.3 Å². The minimum absolute atomic E-state index is 0.181. The van der Waals surface area contributed by atoms with E-state index in [1.165, 1.54) is 0 Å². The van der Waals surface area contributed by atoms with Gasteiger partial charge in [0, 0.05) is 12.0 Å². The zero-order chi connectivity index (χ0) is 7.98. The Bertz CT molecular complexity index is 138. The van der Waals surface area contributed by atoms with E-state index in [1.54, 1.807) is 6.08 Å². The van der Waals surface area contributed by atoms with Crippen molar-refractivity contribution in [3.8, 4) is 0 Å². The topological polar surface area (TPSA) is 17.1 Å². The van der Waals surface area contributed by atoms with Crippen LogP contribution in [0.25, 0.3) is 0 Å². The maximum atomic E-state index is 11.1. The molecule has 0 fully saturated rings. The normalized spacial score (nSPS) is 11.7. The van der Waals surface area contributed by atoms with Crippen molar-refractivity contribution in [2.45, 2.75) is 26.7 Å².